The average Bonchev–Trinajstić information content (AvgIpc) is 3.48. The molecule has 0 bridgehead atoms. The van der Waals surface area contributed by atoms with Crippen LogP contribution in [0.5, 0.6) is 0 Å². The molecule has 1 saturated carbocycles. The summed E-state index contributed by atoms with van der Waals surface area (Å²) in [4.78, 5) is 21.8. The third-order valence-electron chi connectivity index (χ3n) is 5.00. The predicted octanol–water partition coefficient (Wildman–Crippen LogP) is 3.37. The monoisotopic (exact) mass is 359 g/mol. The van der Waals surface area contributed by atoms with Crippen molar-refractivity contribution in [2.75, 3.05) is 5.32 Å². The number of nitriles is 1. The maximum absolute atomic E-state index is 12.6. The van der Waals surface area contributed by atoms with E-state index in [1.165, 1.54) is 10.9 Å². The third-order valence-corrected chi connectivity index (χ3v) is 5.00. The van der Waals surface area contributed by atoms with E-state index in [2.05, 4.69) is 16.4 Å². The zero-order valence-corrected chi connectivity index (χ0v) is 15.7. The summed E-state index contributed by atoms with van der Waals surface area (Å²) in [6.45, 7) is 3.79. The van der Waals surface area contributed by atoms with Gasteiger partial charge in [0.1, 0.15) is 11.2 Å². The maximum Gasteiger partial charge on any atom is 0.264 e. The molecule has 4 rings (SSSR count). The summed E-state index contributed by atoms with van der Waals surface area (Å²) in [7, 11) is 1.69. The second-order valence-electron chi connectivity index (χ2n) is 7.64. The molecule has 6 nitrogen and oxygen atoms in total. The summed E-state index contributed by atoms with van der Waals surface area (Å²) in [6, 6.07) is 12.4. The van der Waals surface area contributed by atoms with Crippen molar-refractivity contribution >= 4 is 16.7 Å². The van der Waals surface area contributed by atoms with Crippen molar-refractivity contribution in [3.8, 4) is 17.3 Å². The fourth-order valence-corrected chi connectivity index (χ4v) is 3.02. The van der Waals surface area contributed by atoms with Gasteiger partial charge in [0.15, 0.2) is 0 Å². The van der Waals surface area contributed by atoms with E-state index >= 15 is 0 Å². The van der Waals surface area contributed by atoms with Gasteiger partial charge >= 0.3 is 0 Å². The summed E-state index contributed by atoms with van der Waals surface area (Å²) < 4.78 is 1.47. The van der Waals surface area contributed by atoms with Gasteiger partial charge in [-0.25, -0.2) is 9.97 Å². The number of rotatable bonds is 4. The molecule has 1 N–H and O–H groups in total. The highest BCUT2D eigenvalue weighted by Crippen LogP contribution is 2.30. The number of benzene rings is 1. The van der Waals surface area contributed by atoms with Crippen molar-refractivity contribution in [2.45, 2.75) is 38.1 Å². The summed E-state index contributed by atoms with van der Waals surface area (Å²) in [6.07, 6.45) is 3.71. The molecule has 27 heavy (non-hydrogen) atoms. The fourth-order valence-electron chi connectivity index (χ4n) is 3.02. The van der Waals surface area contributed by atoms with E-state index in [0.717, 1.165) is 29.7 Å². The van der Waals surface area contributed by atoms with E-state index in [9.17, 15) is 10.1 Å². The second kappa shape index (κ2) is 6.20. The number of hydrogen-bond acceptors (Lipinski definition) is 5. The Morgan fingerprint density at radius 3 is 2.59 bits per heavy atom. The van der Waals surface area contributed by atoms with Gasteiger partial charge < -0.3 is 9.88 Å². The Labute approximate surface area is 157 Å². The van der Waals surface area contributed by atoms with Gasteiger partial charge in [-0.05, 0) is 38.3 Å². The molecule has 136 valence electrons. The molecule has 0 spiro atoms. The van der Waals surface area contributed by atoms with Gasteiger partial charge in [-0.2, -0.15) is 5.26 Å². The van der Waals surface area contributed by atoms with Crippen LogP contribution >= 0.6 is 0 Å². The normalized spacial score (nSPS) is 14.1. The average molecular weight is 359 g/mol. The molecule has 2 heterocycles. The molecule has 1 aliphatic rings. The van der Waals surface area contributed by atoms with Gasteiger partial charge in [0, 0.05) is 18.7 Å². The zero-order valence-electron chi connectivity index (χ0n) is 15.7. The molecule has 0 radical (unpaired) electrons. The van der Waals surface area contributed by atoms with Crippen molar-refractivity contribution in [2.24, 2.45) is 7.05 Å². The van der Waals surface area contributed by atoms with Crippen LogP contribution in [-0.2, 0) is 12.5 Å². The first-order valence-corrected chi connectivity index (χ1v) is 9.04. The number of hydrogen-bond donors (Lipinski definition) is 1. The van der Waals surface area contributed by atoms with Crippen molar-refractivity contribution in [1.29, 1.82) is 5.26 Å². The molecule has 3 aromatic rings. The lowest BCUT2D eigenvalue weighted by molar-refractivity contribution is 0.687. The molecule has 6 heteroatoms. The Balaban J connectivity index is 1.84. The highest BCUT2D eigenvalue weighted by Gasteiger charge is 2.24. The Hall–Kier alpha value is -3.20. The van der Waals surface area contributed by atoms with E-state index in [0.29, 0.717) is 22.8 Å². The Bertz CT molecular complexity index is 1120. The number of nitrogens with one attached hydrogen (secondary N) is 1. The van der Waals surface area contributed by atoms with Gasteiger partial charge in [-0.3, -0.25) is 4.79 Å². The minimum atomic E-state index is -0.540. The van der Waals surface area contributed by atoms with Gasteiger partial charge in [-0.1, -0.05) is 24.3 Å². The smallest absolute Gasteiger partial charge is 0.264 e. The summed E-state index contributed by atoms with van der Waals surface area (Å²) in [5.74, 6) is 0.597. The van der Waals surface area contributed by atoms with Crippen LogP contribution in [0.4, 0.5) is 5.82 Å². The van der Waals surface area contributed by atoms with Crippen molar-refractivity contribution in [3.05, 3.63) is 52.6 Å². The molecule has 0 atom stereocenters. The highest BCUT2D eigenvalue weighted by molar-refractivity contribution is 5.91. The number of aryl methyl sites for hydroxylation is 1. The molecule has 1 fully saturated rings. The first-order chi connectivity index (χ1) is 12.9. The van der Waals surface area contributed by atoms with E-state index in [4.69, 9.17) is 4.98 Å². The highest BCUT2D eigenvalue weighted by atomic mass is 16.1. The summed E-state index contributed by atoms with van der Waals surface area (Å²) in [5, 5.41) is 13.2. The number of fused-ring (bicyclic) bond motifs is 1. The van der Waals surface area contributed by atoms with Crippen LogP contribution in [0.25, 0.3) is 22.2 Å². The Morgan fingerprint density at radius 1 is 1.26 bits per heavy atom. The first-order valence-electron chi connectivity index (χ1n) is 9.04. The van der Waals surface area contributed by atoms with E-state index in [1.807, 2.05) is 44.2 Å². The van der Waals surface area contributed by atoms with Crippen LogP contribution in [0, 0.1) is 11.3 Å². The van der Waals surface area contributed by atoms with Crippen LogP contribution in [0.15, 0.2) is 41.5 Å². The van der Waals surface area contributed by atoms with Crippen LogP contribution in [0.2, 0.25) is 0 Å². The van der Waals surface area contributed by atoms with Crippen LogP contribution in [0.3, 0.4) is 0 Å². The first kappa shape index (κ1) is 17.2. The van der Waals surface area contributed by atoms with Crippen LogP contribution < -0.4 is 10.9 Å². The van der Waals surface area contributed by atoms with Gasteiger partial charge in [0.05, 0.1) is 29.0 Å². The molecule has 0 aliphatic heterocycles. The van der Waals surface area contributed by atoms with Crippen molar-refractivity contribution < 1.29 is 0 Å². The number of anilines is 1. The quantitative estimate of drug-likeness (QED) is 0.772. The molecular formula is C21H21N5O. The topological polar surface area (TPSA) is 83.6 Å². The number of pyridine rings is 1. The SMILES string of the molecule is Cn1cnc2cc(-c3ccc(C(C)(C)C#N)cc3)nc(NC3CC3)c2c1=O. The van der Waals surface area contributed by atoms with E-state index in [-0.39, 0.29) is 5.56 Å². The molecule has 1 aliphatic carbocycles. The minimum Gasteiger partial charge on any atom is -0.367 e. The standard InChI is InChI=1S/C21H21N5O/c1-21(2,11-22)14-6-4-13(5-7-14)16-10-17-18(20(27)26(3)12-23-17)19(25-16)24-15-8-9-15/h4-7,10,12,15H,8-9H2,1-3H3,(H,24,25). The molecule has 1 aromatic carbocycles. The Morgan fingerprint density at radius 2 is 1.96 bits per heavy atom. The maximum atomic E-state index is 12.6. The van der Waals surface area contributed by atoms with E-state index in [1.54, 1.807) is 7.05 Å². The number of aromatic nitrogens is 3. The predicted molar refractivity (Wildman–Crippen MR) is 105 cm³/mol. The van der Waals surface area contributed by atoms with Crippen molar-refractivity contribution in [1.82, 2.24) is 14.5 Å². The molecule has 2 aromatic heterocycles. The van der Waals surface area contributed by atoms with E-state index < -0.39 is 5.41 Å². The van der Waals surface area contributed by atoms with Gasteiger partial charge in [0.25, 0.3) is 5.56 Å². The fraction of sp³-hybridized carbons (Fsp3) is 0.333. The number of nitrogens with zero attached hydrogens (tertiary/aromatic N) is 4. The third kappa shape index (κ3) is 3.17. The lowest BCUT2D eigenvalue weighted by atomic mass is 9.86. The van der Waals surface area contributed by atoms with Crippen molar-refractivity contribution in [3.63, 3.8) is 0 Å². The largest absolute Gasteiger partial charge is 0.367 e. The lowest BCUT2D eigenvalue weighted by Crippen LogP contribution is -2.19. The molecule has 0 unspecified atom stereocenters. The molecular weight excluding hydrogens is 338 g/mol. The summed E-state index contributed by atoms with van der Waals surface area (Å²) in [5.41, 5.74) is 2.63. The van der Waals surface area contributed by atoms with Crippen LogP contribution in [-0.4, -0.2) is 20.6 Å². The minimum absolute atomic E-state index is 0.103. The van der Waals surface area contributed by atoms with Crippen LogP contribution in [0.1, 0.15) is 32.3 Å². The molecule has 0 amide bonds. The van der Waals surface area contributed by atoms with Gasteiger partial charge in [-0.15, -0.1) is 0 Å². The van der Waals surface area contributed by atoms with Gasteiger partial charge in [0.2, 0.25) is 0 Å². The Kier molecular flexibility index (Phi) is 3.96. The second-order valence-corrected chi connectivity index (χ2v) is 7.64. The summed E-state index contributed by atoms with van der Waals surface area (Å²) >= 11 is 0. The zero-order chi connectivity index (χ0) is 19.2. The molecule has 0 saturated heterocycles. The lowest BCUT2D eigenvalue weighted by Gasteiger charge is -2.16.